The number of morpholine rings is 1. The highest BCUT2D eigenvalue weighted by atomic mass is 19.1. The summed E-state index contributed by atoms with van der Waals surface area (Å²) in [5.74, 6) is -2.96. The summed E-state index contributed by atoms with van der Waals surface area (Å²) in [5, 5.41) is 21.1. The zero-order chi connectivity index (χ0) is 16.1. The molecule has 2 N–H and O–H groups in total. The fourth-order valence-electron chi connectivity index (χ4n) is 3.08. The lowest BCUT2D eigenvalue weighted by Gasteiger charge is -2.50. The SMILES string of the molecule is Cc1cccc(C(O)(O)N2CC(C)(C)OC(C)(C)C2)c1F. The fraction of sp³-hybridized carbons (Fsp3) is 0.625. The lowest BCUT2D eigenvalue weighted by atomic mass is 9.96. The molecule has 0 unspecified atom stereocenters. The van der Waals surface area contributed by atoms with Crippen LogP contribution in [-0.4, -0.2) is 39.4 Å². The van der Waals surface area contributed by atoms with Crippen molar-refractivity contribution < 1.29 is 19.3 Å². The fourth-order valence-corrected chi connectivity index (χ4v) is 3.08. The molecule has 4 nitrogen and oxygen atoms in total. The van der Waals surface area contributed by atoms with Gasteiger partial charge in [0, 0.05) is 13.1 Å². The van der Waals surface area contributed by atoms with E-state index in [0.717, 1.165) is 0 Å². The van der Waals surface area contributed by atoms with Gasteiger partial charge >= 0.3 is 0 Å². The van der Waals surface area contributed by atoms with Gasteiger partial charge in [-0.2, -0.15) is 0 Å². The van der Waals surface area contributed by atoms with E-state index in [1.54, 1.807) is 19.1 Å². The van der Waals surface area contributed by atoms with Crippen molar-refractivity contribution in [1.29, 1.82) is 0 Å². The summed E-state index contributed by atoms with van der Waals surface area (Å²) >= 11 is 0. The first-order valence-electron chi connectivity index (χ1n) is 7.10. The van der Waals surface area contributed by atoms with Crippen LogP contribution in [0.25, 0.3) is 0 Å². The Balaban J connectivity index is 2.41. The van der Waals surface area contributed by atoms with Gasteiger partial charge in [-0.25, -0.2) is 9.29 Å². The minimum atomic E-state index is -2.37. The van der Waals surface area contributed by atoms with Crippen LogP contribution in [0, 0.1) is 12.7 Å². The number of halogens is 1. The lowest BCUT2D eigenvalue weighted by Crippen LogP contribution is -2.63. The third-order valence-corrected chi connectivity index (χ3v) is 3.69. The first-order valence-corrected chi connectivity index (χ1v) is 7.10. The maximum absolute atomic E-state index is 14.3. The molecule has 0 aliphatic carbocycles. The Morgan fingerprint density at radius 2 is 1.67 bits per heavy atom. The lowest BCUT2D eigenvalue weighted by molar-refractivity contribution is -0.322. The quantitative estimate of drug-likeness (QED) is 0.821. The van der Waals surface area contributed by atoms with Gasteiger partial charge in [-0.05, 0) is 46.2 Å². The molecule has 1 saturated heterocycles. The summed E-state index contributed by atoms with van der Waals surface area (Å²) in [6.07, 6.45) is 0. The molecule has 0 spiro atoms. The Kier molecular flexibility index (Phi) is 3.91. The molecular formula is C16H24FNO3. The highest BCUT2D eigenvalue weighted by Crippen LogP contribution is 2.35. The molecule has 21 heavy (non-hydrogen) atoms. The van der Waals surface area contributed by atoms with Crippen LogP contribution in [0.15, 0.2) is 18.2 Å². The van der Waals surface area contributed by atoms with E-state index in [4.69, 9.17) is 4.74 Å². The molecule has 0 saturated carbocycles. The van der Waals surface area contributed by atoms with Crippen LogP contribution in [0.2, 0.25) is 0 Å². The Morgan fingerprint density at radius 1 is 1.14 bits per heavy atom. The highest BCUT2D eigenvalue weighted by Gasteiger charge is 2.47. The van der Waals surface area contributed by atoms with E-state index < -0.39 is 22.9 Å². The van der Waals surface area contributed by atoms with Gasteiger partial charge < -0.3 is 14.9 Å². The molecule has 118 valence electrons. The van der Waals surface area contributed by atoms with E-state index in [9.17, 15) is 14.6 Å². The molecular weight excluding hydrogens is 273 g/mol. The van der Waals surface area contributed by atoms with Gasteiger partial charge in [-0.1, -0.05) is 12.1 Å². The molecule has 0 atom stereocenters. The number of aryl methyl sites for hydroxylation is 1. The molecule has 1 fully saturated rings. The van der Waals surface area contributed by atoms with Gasteiger partial charge in [0.2, 0.25) is 0 Å². The largest absolute Gasteiger partial charge is 0.367 e. The molecule has 1 aromatic rings. The predicted molar refractivity (Wildman–Crippen MR) is 78.1 cm³/mol. The van der Waals surface area contributed by atoms with Gasteiger partial charge in [0.05, 0.1) is 16.8 Å². The van der Waals surface area contributed by atoms with Crippen molar-refractivity contribution in [2.75, 3.05) is 13.1 Å². The van der Waals surface area contributed by atoms with Gasteiger partial charge in [0.25, 0.3) is 5.91 Å². The first kappa shape index (κ1) is 16.4. The van der Waals surface area contributed by atoms with E-state index >= 15 is 0 Å². The first-order chi connectivity index (χ1) is 9.45. The second-order valence-electron chi connectivity index (χ2n) is 7.05. The average Bonchev–Trinajstić information content (AvgIpc) is 2.28. The normalized spacial score (nSPS) is 22.3. The zero-order valence-electron chi connectivity index (χ0n) is 13.3. The summed E-state index contributed by atoms with van der Waals surface area (Å²) < 4.78 is 20.2. The number of nitrogens with zero attached hydrogens (tertiary/aromatic N) is 1. The average molecular weight is 297 g/mol. The summed E-state index contributed by atoms with van der Waals surface area (Å²) in [5.41, 5.74) is -0.861. The van der Waals surface area contributed by atoms with E-state index in [2.05, 4.69) is 0 Å². The van der Waals surface area contributed by atoms with Gasteiger partial charge in [0.15, 0.2) is 0 Å². The monoisotopic (exact) mass is 297 g/mol. The van der Waals surface area contributed by atoms with Gasteiger partial charge in [0.1, 0.15) is 5.82 Å². The molecule has 2 rings (SSSR count). The number of ether oxygens (including phenoxy) is 1. The molecule has 0 bridgehead atoms. The molecule has 5 heteroatoms. The predicted octanol–water partition coefficient (Wildman–Crippen LogP) is 2.12. The third-order valence-electron chi connectivity index (χ3n) is 3.69. The maximum atomic E-state index is 14.3. The summed E-state index contributed by atoms with van der Waals surface area (Å²) in [4.78, 5) is 1.45. The molecule has 1 aromatic carbocycles. The van der Waals surface area contributed by atoms with Crippen LogP contribution >= 0.6 is 0 Å². The second kappa shape index (κ2) is 5.02. The van der Waals surface area contributed by atoms with Crippen molar-refractivity contribution in [2.24, 2.45) is 0 Å². The number of hydrogen-bond acceptors (Lipinski definition) is 4. The number of rotatable bonds is 2. The van der Waals surface area contributed by atoms with Crippen LogP contribution in [-0.2, 0) is 10.6 Å². The topological polar surface area (TPSA) is 52.9 Å². The van der Waals surface area contributed by atoms with E-state index in [1.165, 1.54) is 11.0 Å². The molecule has 1 aliphatic rings. The van der Waals surface area contributed by atoms with E-state index in [1.807, 2.05) is 27.7 Å². The van der Waals surface area contributed by atoms with Crippen LogP contribution in [0.3, 0.4) is 0 Å². The summed E-state index contributed by atoms with van der Waals surface area (Å²) in [6, 6.07) is 4.62. The number of benzene rings is 1. The van der Waals surface area contributed by atoms with Crippen LogP contribution in [0.1, 0.15) is 38.8 Å². The number of aliphatic hydroxyl groups is 2. The van der Waals surface area contributed by atoms with Crippen molar-refractivity contribution in [3.05, 3.63) is 35.1 Å². The van der Waals surface area contributed by atoms with Crippen LogP contribution < -0.4 is 0 Å². The highest BCUT2D eigenvalue weighted by molar-refractivity contribution is 5.28. The molecule has 0 amide bonds. The van der Waals surface area contributed by atoms with Crippen LogP contribution in [0.5, 0.6) is 0 Å². The van der Waals surface area contributed by atoms with E-state index in [0.29, 0.717) is 5.56 Å². The molecule has 1 aliphatic heterocycles. The minimum Gasteiger partial charge on any atom is -0.367 e. The molecule has 0 aromatic heterocycles. The van der Waals surface area contributed by atoms with Crippen molar-refractivity contribution in [1.82, 2.24) is 4.90 Å². The van der Waals surface area contributed by atoms with Crippen LogP contribution in [0.4, 0.5) is 4.39 Å². The number of hydrogen-bond donors (Lipinski definition) is 2. The van der Waals surface area contributed by atoms with Crippen molar-refractivity contribution >= 4 is 0 Å². The van der Waals surface area contributed by atoms with Crippen molar-refractivity contribution in [2.45, 2.75) is 51.7 Å². The van der Waals surface area contributed by atoms with Crippen molar-refractivity contribution in [3.8, 4) is 0 Å². The summed E-state index contributed by atoms with van der Waals surface area (Å²) in [6.45, 7) is 9.69. The molecule has 0 radical (unpaired) electrons. The molecule has 1 heterocycles. The van der Waals surface area contributed by atoms with Gasteiger partial charge in [-0.3, -0.25) is 0 Å². The second-order valence-corrected chi connectivity index (χ2v) is 7.05. The maximum Gasteiger partial charge on any atom is 0.256 e. The Morgan fingerprint density at radius 3 is 2.19 bits per heavy atom. The Labute approximate surface area is 125 Å². The van der Waals surface area contributed by atoms with E-state index in [-0.39, 0.29) is 18.7 Å². The standard InChI is InChI=1S/C16H24FNO3/c1-11-7-6-8-12(13(11)17)16(19,20)18-9-14(2,3)21-15(4,5)10-18/h6-8,19-20H,9-10H2,1-5H3. The Bertz CT molecular complexity index is 524. The van der Waals surface area contributed by atoms with Gasteiger partial charge in [-0.15, -0.1) is 0 Å². The van der Waals surface area contributed by atoms with Crippen molar-refractivity contribution in [3.63, 3.8) is 0 Å². The minimum absolute atomic E-state index is 0.129. The third kappa shape index (κ3) is 3.26. The summed E-state index contributed by atoms with van der Waals surface area (Å²) in [7, 11) is 0. The zero-order valence-corrected chi connectivity index (χ0v) is 13.3. The smallest absolute Gasteiger partial charge is 0.256 e. The Hall–Kier alpha value is -1.01.